The molecule has 0 bridgehead atoms. The summed E-state index contributed by atoms with van der Waals surface area (Å²) in [7, 11) is 0. The quantitative estimate of drug-likeness (QED) is 0.474. The van der Waals surface area contributed by atoms with E-state index in [9.17, 15) is 4.79 Å². The average molecular weight is 511 g/mol. The first-order chi connectivity index (χ1) is 17.6. The molecule has 192 valence electrons. The third kappa shape index (κ3) is 6.90. The van der Waals surface area contributed by atoms with Gasteiger partial charge in [0.1, 0.15) is 24.7 Å². The monoisotopic (exact) mass is 510 g/mol. The van der Waals surface area contributed by atoms with Gasteiger partial charge in [0.05, 0.1) is 18.2 Å². The molecule has 2 heterocycles. The Morgan fingerprint density at radius 2 is 1.97 bits per heavy atom. The molecule has 6 nitrogen and oxygen atoms in total. The number of rotatable bonds is 10. The zero-order chi connectivity index (χ0) is 25.3. The number of hydrogen-bond acceptors (Lipinski definition) is 5. The lowest BCUT2D eigenvalue weighted by Gasteiger charge is -2.33. The molecule has 2 aliphatic rings. The molecule has 0 aromatic heterocycles. The van der Waals surface area contributed by atoms with Crippen LogP contribution in [0.4, 0.5) is 0 Å². The Hall–Kier alpha value is -2.80. The molecule has 1 fully saturated rings. The van der Waals surface area contributed by atoms with Crippen LogP contribution in [0.15, 0.2) is 65.9 Å². The van der Waals surface area contributed by atoms with Crippen LogP contribution in [-0.4, -0.2) is 61.9 Å². The molecule has 36 heavy (non-hydrogen) atoms. The van der Waals surface area contributed by atoms with E-state index in [1.807, 2.05) is 6.07 Å². The summed E-state index contributed by atoms with van der Waals surface area (Å²) >= 11 is 6.11. The van der Waals surface area contributed by atoms with Gasteiger partial charge in [-0.3, -0.25) is 9.69 Å². The Labute approximate surface area is 218 Å². The van der Waals surface area contributed by atoms with Crippen LogP contribution in [0.25, 0.3) is 5.57 Å². The van der Waals surface area contributed by atoms with Gasteiger partial charge < -0.3 is 19.9 Å². The second-order valence-corrected chi connectivity index (χ2v) is 9.69. The molecule has 0 atom stereocenters. The first-order valence-corrected chi connectivity index (χ1v) is 13.1. The maximum Gasteiger partial charge on any atom is 0.251 e. The fraction of sp³-hybridized carbons (Fsp3) is 0.414. The number of nitrogens with one attached hydrogen (secondary N) is 1. The molecular formula is C29H35ClN2O4. The molecule has 0 radical (unpaired) electrons. The zero-order valence-electron chi connectivity index (χ0n) is 20.8. The van der Waals surface area contributed by atoms with Crippen LogP contribution in [0.2, 0.25) is 5.02 Å². The first kappa shape index (κ1) is 26.3. The number of carbonyl (C=O) groups is 1. The van der Waals surface area contributed by atoms with Crippen molar-refractivity contribution in [2.24, 2.45) is 5.92 Å². The number of carbonyl (C=O) groups excluding carboxylic acids is 1. The van der Waals surface area contributed by atoms with Crippen molar-refractivity contribution in [2.75, 3.05) is 46.0 Å². The van der Waals surface area contributed by atoms with E-state index in [2.05, 4.69) is 47.5 Å². The summed E-state index contributed by atoms with van der Waals surface area (Å²) < 4.78 is 11.5. The third-order valence-corrected chi connectivity index (χ3v) is 7.12. The van der Waals surface area contributed by atoms with E-state index in [0.29, 0.717) is 35.4 Å². The number of allylic oxidation sites excluding steroid dienone is 2. The van der Waals surface area contributed by atoms with Gasteiger partial charge in [0, 0.05) is 12.1 Å². The minimum Gasteiger partial charge on any atom is -0.492 e. The van der Waals surface area contributed by atoms with Crippen molar-refractivity contribution < 1.29 is 19.4 Å². The lowest BCUT2D eigenvalue weighted by molar-refractivity contribution is 0.0933. The third-order valence-electron chi connectivity index (χ3n) is 6.81. The van der Waals surface area contributed by atoms with Gasteiger partial charge in [-0.05, 0) is 79.3 Å². The van der Waals surface area contributed by atoms with Crippen molar-refractivity contribution in [3.8, 4) is 5.75 Å². The number of aliphatic hydroxyl groups excluding tert-OH is 1. The summed E-state index contributed by atoms with van der Waals surface area (Å²) in [5.41, 5.74) is 4.38. The predicted molar refractivity (Wildman–Crippen MR) is 143 cm³/mol. The minimum absolute atomic E-state index is 0.112. The summed E-state index contributed by atoms with van der Waals surface area (Å²) in [6, 6.07) is 15.5. The van der Waals surface area contributed by atoms with Crippen LogP contribution < -0.4 is 10.1 Å². The van der Waals surface area contributed by atoms with Gasteiger partial charge in [-0.2, -0.15) is 0 Å². The molecule has 1 saturated heterocycles. The van der Waals surface area contributed by atoms with Crippen LogP contribution in [0.3, 0.4) is 0 Å². The molecule has 0 unspecified atom stereocenters. The SMILES string of the molecule is CCC1=C(c2ccccc2)C=C(CN2CCC(CNC(=O)c3ccc(Cl)c(OCCO)c3)CC2)OC1. The number of likely N-dealkylation sites (tertiary alicyclic amines) is 1. The molecule has 2 aliphatic heterocycles. The molecule has 7 heteroatoms. The number of piperidine rings is 1. The highest BCUT2D eigenvalue weighted by atomic mass is 35.5. The molecule has 2 aromatic carbocycles. The number of halogens is 1. The normalized spacial score (nSPS) is 16.9. The standard InChI is InChI=1S/C29H35ClN2O4/c1-2-22-20-36-25(17-26(22)23-6-4-3-5-7-23)19-32-12-10-21(11-13-32)18-31-29(34)24-8-9-27(30)28(16-24)35-15-14-33/h3-9,16-17,21,33H,2,10-15,18-20H2,1H3,(H,31,34). The van der Waals surface area contributed by atoms with E-state index in [0.717, 1.165) is 44.7 Å². The summed E-state index contributed by atoms with van der Waals surface area (Å²) in [5.74, 6) is 1.73. The van der Waals surface area contributed by atoms with E-state index in [4.69, 9.17) is 26.2 Å². The summed E-state index contributed by atoms with van der Waals surface area (Å²) in [6.45, 7) is 6.27. The first-order valence-electron chi connectivity index (χ1n) is 12.7. The highest BCUT2D eigenvalue weighted by Gasteiger charge is 2.23. The highest BCUT2D eigenvalue weighted by molar-refractivity contribution is 6.32. The fourth-order valence-corrected chi connectivity index (χ4v) is 4.84. The van der Waals surface area contributed by atoms with Crippen LogP contribution in [0.1, 0.15) is 42.1 Å². The second-order valence-electron chi connectivity index (χ2n) is 9.28. The Balaban J connectivity index is 1.26. The van der Waals surface area contributed by atoms with Crippen LogP contribution >= 0.6 is 11.6 Å². The maximum atomic E-state index is 12.7. The molecule has 0 spiro atoms. The molecule has 0 saturated carbocycles. The van der Waals surface area contributed by atoms with Gasteiger partial charge in [0.25, 0.3) is 5.91 Å². The van der Waals surface area contributed by atoms with Crippen molar-refractivity contribution in [3.63, 3.8) is 0 Å². The molecule has 1 amide bonds. The Morgan fingerprint density at radius 1 is 1.19 bits per heavy atom. The smallest absolute Gasteiger partial charge is 0.251 e. The van der Waals surface area contributed by atoms with Gasteiger partial charge in [-0.25, -0.2) is 0 Å². The molecule has 4 rings (SSSR count). The summed E-state index contributed by atoms with van der Waals surface area (Å²) in [5, 5.41) is 12.4. The van der Waals surface area contributed by atoms with E-state index < -0.39 is 0 Å². The van der Waals surface area contributed by atoms with E-state index in [-0.39, 0.29) is 19.1 Å². The topological polar surface area (TPSA) is 71.0 Å². The van der Waals surface area contributed by atoms with Crippen molar-refractivity contribution in [1.82, 2.24) is 10.2 Å². The van der Waals surface area contributed by atoms with Crippen LogP contribution in [-0.2, 0) is 4.74 Å². The number of amides is 1. The maximum absolute atomic E-state index is 12.7. The summed E-state index contributed by atoms with van der Waals surface area (Å²) in [4.78, 5) is 15.1. The van der Waals surface area contributed by atoms with Gasteiger partial charge in [0.15, 0.2) is 0 Å². The molecule has 0 aliphatic carbocycles. The largest absolute Gasteiger partial charge is 0.492 e. The fourth-order valence-electron chi connectivity index (χ4n) is 4.67. The zero-order valence-corrected chi connectivity index (χ0v) is 21.6. The Bertz CT molecular complexity index is 1090. The number of ether oxygens (including phenoxy) is 2. The number of nitrogens with zero attached hydrogens (tertiary/aromatic N) is 1. The second kappa shape index (κ2) is 12.9. The van der Waals surface area contributed by atoms with Crippen molar-refractivity contribution in [1.29, 1.82) is 0 Å². The average Bonchev–Trinajstić information content (AvgIpc) is 2.92. The van der Waals surface area contributed by atoms with Gasteiger partial charge in [0.2, 0.25) is 0 Å². The van der Waals surface area contributed by atoms with Gasteiger partial charge in [-0.15, -0.1) is 0 Å². The van der Waals surface area contributed by atoms with E-state index in [1.54, 1.807) is 18.2 Å². The Morgan fingerprint density at radius 3 is 2.69 bits per heavy atom. The number of aliphatic hydroxyl groups is 1. The van der Waals surface area contributed by atoms with Crippen LogP contribution in [0, 0.1) is 5.92 Å². The van der Waals surface area contributed by atoms with E-state index in [1.165, 1.54) is 16.7 Å². The van der Waals surface area contributed by atoms with Crippen molar-refractivity contribution in [2.45, 2.75) is 26.2 Å². The minimum atomic E-state index is -0.143. The molecular weight excluding hydrogens is 476 g/mol. The molecule has 2 aromatic rings. The number of benzene rings is 2. The molecule has 2 N–H and O–H groups in total. The van der Waals surface area contributed by atoms with Gasteiger partial charge >= 0.3 is 0 Å². The van der Waals surface area contributed by atoms with Crippen LogP contribution in [0.5, 0.6) is 5.75 Å². The predicted octanol–water partition coefficient (Wildman–Crippen LogP) is 4.93. The Kier molecular flexibility index (Phi) is 9.45. The lowest BCUT2D eigenvalue weighted by atomic mass is 9.95. The summed E-state index contributed by atoms with van der Waals surface area (Å²) in [6.07, 6.45) is 5.26. The van der Waals surface area contributed by atoms with Crippen molar-refractivity contribution >= 4 is 23.1 Å². The van der Waals surface area contributed by atoms with Gasteiger partial charge in [-0.1, -0.05) is 48.9 Å². The lowest BCUT2D eigenvalue weighted by Crippen LogP contribution is -2.39. The number of hydrogen-bond donors (Lipinski definition) is 2. The highest BCUT2D eigenvalue weighted by Crippen LogP contribution is 2.29. The van der Waals surface area contributed by atoms with Crippen molar-refractivity contribution in [3.05, 3.63) is 82.1 Å². The van der Waals surface area contributed by atoms with E-state index >= 15 is 0 Å².